The Morgan fingerprint density at radius 3 is 2.48 bits per heavy atom. The lowest BCUT2D eigenvalue weighted by Crippen LogP contribution is -2.16. The van der Waals surface area contributed by atoms with Crippen molar-refractivity contribution in [2.45, 2.75) is 18.7 Å². The molecule has 0 saturated heterocycles. The first-order chi connectivity index (χ1) is 12.0. The largest absolute Gasteiger partial charge is 0.321 e. The van der Waals surface area contributed by atoms with E-state index in [1.165, 1.54) is 0 Å². The molecule has 2 heterocycles. The predicted octanol–water partition coefficient (Wildman–Crippen LogP) is 4.51. The number of aryl methyl sites for hydroxylation is 2. The number of carbonyl (C=O) groups excluding carboxylic acids is 1. The molecule has 5 nitrogen and oxygen atoms in total. The number of amides is 1. The van der Waals surface area contributed by atoms with Gasteiger partial charge in [-0.3, -0.25) is 4.79 Å². The van der Waals surface area contributed by atoms with E-state index in [1.807, 2.05) is 50.4 Å². The molecule has 0 spiro atoms. The summed E-state index contributed by atoms with van der Waals surface area (Å²) in [6.45, 7) is 3.84. The van der Waals surface area contributed by atoms with Gasteiger partial charge in [0, 0.05) is 16.3 Å². The molecule has 3 aromatic rings. The third-order valence-corrected chi connectivity index (χ3v) is 4.67. The number of anilines is 1. The fourth-order valence-corrected chi connectivity index (χ4v) is 3.03. The van der Waals surface area contributed by atoms with Crippen LogP contribution in [-0.4, -0.2) is 26.9 Å². The summed E-state index contributed by atoms with van der Waals surface area (Å²) < 4.78 is 1.69. The summed E-state index contributed by atoms with van der Waals surface area (Å²) in [5, 5.41) is 7.51. The van der Waals surface area contributed by atoms with Crippen LogP contribution in [0, 0.1) is 13.8 Å². The molecule has 0 atom stereocenters. The number of halogens is 1. The highest BCUT2D eigenvalue weighted by Crippen LogP contribution is 2.21. The Morgan fingerprint density at radius 2 is 1.88 bits per heavy atom. The van der Waals surface area contributed by atoms with Gasteiger partial charge in [-0.25, -0.2) is 9.67 Å². The van der Waals surface area contributed by atoms with Gasteiger partial charge in [0.1, 0.15) is 5.69 Å². The van der Waals surface area contributed by atoms with Gasteiger partial charge in [0.15, 0.2) is 5.82 Å². The maximum absolute atomic E-state index is 12.6. The standard InChI is InChI=1S/C18H17ClN4OS/c1-11-10-12(2)23(22-11)16-9-8-15(19)17(21-16)18(24)20-13-4-6-14(25-3)7-5-13/h4-10H,1-3H3,(H,20,24). The lowest BCUT2D eigenvalue weighted by Gasteiger charge is -2.09. The van der Waals surface area contributed by atoms with Gasteiger partial charge < -0.3 is 5.32 Å². The maximum atomic E-state index is 12.6. The van der Waals surface area contributed by atoms with E-state index in [4.69, 9.17) is 11.6 Å². The van der Waals surface area contributed by atoms with E-state index >= 15 is 0 Å². The minimum Gasteiger partial charge on any atom is -0.321 e. The van der Waals surface area contributed by atoms with Crippen LogP contribution in [0.5, 0.6) is 0 Å². The van der Waals surface area contributed by atoms with Crippen LogP contribution in [0.3, 0.4) is 0 Å². The molecule has 3 rings (SSSR count). The van der Waals surface area contributed by atoms with Crippen molar-refractivity contribution in [2.75, 3.05) is 11.6 Å². The Hall–Kier alpha value is -2.31. The number of thioether (sulfide) groups is 1. The summed E-state index contributed by atoms with van der Waals surface area (Å²) in [7, 11) is 0. The van der Waals surface area contributed by atoms with Crippen LogP contribution in [0.15, 0.2) is 47.4 Å². The smallest absolute Gasteiger partial charge is 0.275 e. The van der Waals surface area contributed by atoms with Crippen LogP contribution >= 0.6 is 23.4 Å². The number of hydrogen-bond donors (Lipinski definition) is 1. The Morgan fingerprint density at radius 1 is 1.16 bits per heavy atom. The predicted molar refractivity (Wildman–Crippen MR) is 102 cm³/mol. The van der Waals surface area contributed by atoms with Crippen molar-refractivity contribution in [2.24, 2.45) is 0 Å². The van der Waals surface area contributed by atoms with Crippen LogP contribution in [0.2, 0.25) is 5.02 Å². The Labute approximate surface area is 155 Å². The van der Waals surface area contributed by atoms with Gasteiger partial charge in [-0.05, 0) is 62.6 Å². The molecule has 1 aromatic carbocycles. The molecule has 0 bridgehead atoms. The highest BCUT2D eigenvalue weighted by atomic mass is 35.5. The lowest BCUT2D eigenvalue weighted by atomic mass is 10.3. The third-order valence-electron chi connectivity index (χ3n) is 3.62. The summed E-state index contributed by atoms with van der Waals surface area (Å²) in [6.07, 6.45) is 2.00. The molecule has 0 radical (unpaired) electrons. The van der Waals surface area contributed by atoms with Crippen LogP contribution < -0.4 is 5.32 Å². The summed E-state index contributed by atoms with van der Waals surface area (Å²) in [5.74, 6) is 0.197. The van der Waals surface area contributed by atoms with E-state index in [0.29, 0.717) is 16.5 Å². The van der Waals surface area contributed by atoms with E-state index < -0.39 is 0 Å². The molecule has 2 aromatic heterocycles. The second kappa shape index (κ2) is 7.29. The second-order valence-electron chi connectivity index (χ2n) is 5.52. The van der Waals surface area contributed by atoms with Crippen molar-refractivity contribution in [3.8, 4) is 5.82 Å². The lowest BCUT2D eigenvalue weighted by molar-refractivity contribution is 0.102. The van der Waals surface area contributed by atoms with E-state index in [1.54, 1.807) is 28.6 Å². The van der Waals surface area contributed by atoms with Crippen LogP contribution in [0.1, 0.15) is 21.9 Å². The molecule has 1 amide bonds. The molecule has 0 saturated carbocycles. The molecular weight excluding hydrogens is 356 g/mol. The zero-order valence-corrected chi connectivity index (χ0v) is 15.6. The number of carbonyl (C=O) groups is 1. The zero-order chi connectivity index (χ0) is 18.0. The quantitative estimate of drug-likeness (QED) is 0.684. The number of rotatable bonds is 4. The van der Waals surface area contributed by atoms with Gasteiger partial charge in [-0.15, -0.1) is 11.8 Å². The highest BCUT2D eigenvalue weighted by molar-refractivity contribution is 7.98. The third kappa shape index (κ3) is 3.86. The van der Waals surface area contributed by atoms with Crippen molar-refractivity contribution in [1.29, 1.82) is 0 Å². The number of aromatic nitrogens is 3. The van der Waals surface area contributed by atoms with E-state index in [-0.39, 0.29) is 11.6 Å². The topological polar surface area (TPSA) is 59.8 Å². The molecule has 0 unspecified atom stereocenters. The average Bonchev–Trinajstić information content (AvgIpc) is 2.94. The van der Waals surface area contributed by atoms with E-state index in [9.17, 15) is 4.79 Å². The van der Waals surface area contributed by atoms with Crippen molar-refractivity contribution in [3.05, 3.63) is 64.6 Å². The minimum atomic E-state index is -0.356. The summed E-state index contributed by atoms with van der Waals surface area (Å²) in [6, 6.07) is 12.9. The van der Waals surface area contributed by atoms with E-state index in [0.717, 1.165) is 16.3 Å². The molecule has 0 aliphatic heterocycles. The maximum Gasteiger partial charge on any atom is 0.275 e. The first-order valence-electron chi connectivity index (χ1n) is 7.63. The van der Waals surface area contributed by atoms with Crippen LogP contribution in [0.4, 0.5) is 5.69 Å². The van der Waals surface area contributed by atoms with E-state index in [2.05, 4.69) is 15.4 Å². The van der Waals surface area contributed by atoms with Crippen molar-refractivity contribution >= 4 is 35.0 Å². The van der Waals surface area contributed by atoms with Crippen molar-refractivity contribution in [3.63, 3.8) is 0 Å². The fraction of sp³-hybridized carbons (Fsp3) is 0.167. The molecular formula is C18H17ClN4OS. The molecule has 0 aliphatic rings. The van der Waals surface area contributed by atoms with Crippen molar-refractivity contribution in [1.82, 2.24) is 14.8 Å². The van der Waals surface area contributed by atoms with Crippen molar-refractivity contribution < 1.29 is 4.79 Å². The normalized spacial score (nSPS) is 10.7. The number of nitrogens with one attached hydrogen (secondary N) is 1. The Bertz CT molecular complexity index is 921. The SMILES string of the molecule is CSc1ccc(NC(=O)c2nc(-n3nc(C)cc3C)ccc2Cl)cc1. The van der Waals surface area contributed by atoms with Gasteiger partial charge in [0.05, 0.1) is 10.7 Å². The minimum absolute atomic E-state index is 0.167. The first kappa shape index (κ1) is 17.5. The molecule has 0 fully saturated rings. The van der Waals surface area contributed by atoms with Gasteiger partial charge in [0.2, 0.25) is 0 Å². The first-order valence-corrected chi connectivity index (χ1v) is 9.24. The number of nitrogens with zero attached hydrogens (tertiary/aromatic N) is 3. The molecule has 1 N–H and O–H groups in total. The van der Waals surface area contributed by atoms with Crippen LogP contribution in [0.25, 0.3) is 5.82 Å². The highest BCUT2D eigenvalue weighted by Gasteiger charge is 2.15. The molecule has 7 heteroatoms. The van der Waals surface area contributed by atoms with Gasteiger partial charge in [-0.1, -0.05) is 11.6 Å². The van der Waals surface area contributed by atoms with Crippen LogP contribution in [-0.2, 0) is 0 Å². The monoisotopic (exact) mass is 372 g/mol. The molecule has 128 valence electrons. The Kier molecular flexibility index (Phi) is 5.11. The Balaban J connectivity index is 1.89. The summed E-state index contributed by atoms with van der Waals surface area (Å²) >= 11 is 7.82. The summed E-state index contributed by atoms with van der Waals surface area (Å²) in [5.41, 5.74) is 2.68. The zero-order valence-electron chi connectivity index (χ0n) is 14.1. The number of hydrogen-bond acceptors (Lipinski definition) is 4. The fourth-order valence-electron chi connectivity index (χ4n) is 2.43. The van der Waals surface area contributed by atoms with Gasteiger partial charge in [0.25, 0.3) is 5.91 Å². The number of pyridine rings is 1. The van der Waals surface area contributed by atoms with Gasteiger partial charge in [-0.2, -0.15) is 5.10 Å². The van der Waals surface area contributed by atoms with Gasteiger partial charge >= 0.3 is 0 Å². The second-order valence-corrected chi connectivity index (χ2v) is 6.81. The summed E-state index contributed by atoms with van der Waals surface area (Å²) in [4.78, 5) is 18.1. The molecule has 0 aliphatic carbocycles. The number of benzene rings is 1. The average molecular weight is 373 g/mol. The molecule has 25 heavy (non-hydrogen) atoms.